The molecule has 0 amide bonds. The lowest BCUT2D eigenvalue weighted by atomic mass is 10.2. The third kappa shape index (κ3) is 8.06. The van der Waals surface area contributed by atoms with E-state index in [0.717, 1.165) is 0 Å². The van der Waals surface area contributed by atoms with Crippen LogP contribution in [0.15, 0.2) is 30.3 Å². The van der Waals surface area contributed by atoms with Crippen molar-refractivity contribution in [2.45, 2.75) is 6.16 Å². The summed E-state index contributed by atoms with van der Waals surface area (Å²) in [5.74, 6) is 0. The molecule has 84 valence electrons. The fraction of sp³-hybridized carbons (Fsp3) is 0.400. The quantitative estimate of drug-likeness (QED) is 0.441. The highest BCUT2D eigenvalue weighted by Gasteiger charge is 2.16. The summed E-state index contributed by atoms with van der Waals surface area (Å²) >= 11 is 0. The van der Waals surface area contributed by atoms with Crippen molar-refractivity contribution in [2.24, 2.45) is 0 Å². The van der Waals surface area contributed by atoms with Gasteiger partial charge in [-0.05, 0) is 5.56 Å². The summed E-state index contributed by atoms with van der Waals surface area (Å²) in [6.45, 7) is 7.12. The lowest BCUT2D eigenvalue weighted by molar-refractivity contribution is -0.00100. The topological polar surface area (TPSA) is 0 Å². The predicted octanol–water partition coefficient (Wildman–Crippen LogP) is -5.67. The van der Waals surface area contributed by atoms with Crippen LogP contribution in [0.4, 0.5) is 0 Å². The average Bonchev–Trinajstić information content (AvgIpc) is 1.85. The van der Waals surface area contributed by atoms with E-state index in [4.69, 9.17) is 0 Å². The lowest BCUT2D eigenvalue weighted by Crippen LogP contribution is -3.00. The molecule has 0 heterocycles. The Kier molecular flexibility index (Phi) is 10.6. The molecule has 14 heavy (non-hydrogen) atoms. The molecule has 0 radical (unpaired) electrons. The van der Waals surface area contributed by atoms with E-state index < -0.39 is 7.26 Å². The minimum atomic E-state index is -0.638. The second kappa shape index (κ2) is 7.81. The van der Waals surface area contributed by atoms with Gasteiger partial charge in [0, 0.05) is 27.3 Å². The zero-order valence-electron chi connectivity index (χ0n) is 10.7. The summed E-state index contributed by atoms with van der Waals surface area (Å²) < 4.78 is 0. The van der Waals surface area contributed by atoms with E-state index in [0.29, 0.717) is 0 Å². The first-order chi connectivity index (χ1) is 5.08. The van der Waals surface area contributed by atoms with E-state index >= 15 is 0 Å². The van der Waals surface area contributed by atoms with Gasteiger partial charge in [-0.15, -0.1) is 0 Å². The Morgan fingerprint density at radius 3 is 1.71 bits per heavy atom. The summed E-state index contributed by atoms with van der Waals surface area (Å²) in [6, 6.07) is 10.7. The van der Waals surface area contributed by atoms with E-state index in [1.807, 2.05) is 0 Å². The molecular weight excluding hydrogens is 208 g/mol. The first-order valence-corrected chi connectivity index (χ1v) is 7.24. The molecule has 1 rings (SSSR count). The van der Waals surface area contributed by atoms with Crippen LogP contribution in [0.5, 0.6) is 0 Å². The molecule has 0 aromatic heterocycles. The Morgan fingerprint density at radius 2 is 1.36 bits per heavy atom. The van der Waals surface area contributed by atoms with Crippen LogP contribution in [0.1, 0.15) is 8.42 Å². The van der Waals surface area contributed by atoms with Crippen LogP contribution in [-0.4, -0.2) is 20.0 Å². The summed E-state index contributed by atoms with van der Waals surface area (Å²) in [5.41, 5.74) is 1.48. The van der Waals surface area contributed by atoms with Gasteiger partial charge in [0.05, 0.1) is 6.16 Å². The molecule has 4 heteroatoms. The third-order valence-corrected chi connectivity index (χ3v) is 2.81. The van der Waals surface area contributed by atoms with Gasteiger partial charge in [-0.1, -0.05) is 30.3 Å². The minimum absolute atomic E-state index is 0. The molecule has 0 atom stereocenters. The molecule has 0 N–H and O–H groups in total. The summed E-state index contributed by atoms with van der Waals surface area (Å²) in [7, 11) is -0.638. The molecule has 0 fully saturated rings. The van der Waals surface area contributed by atoms with Gasteiger partial charge >= 0.3 is 2.85 Å². The minimum Gasteiger partial charge on any atom is -1.00 e. The van der Waals surface area contributed by atoms with Crippen LogP contribution in [-0.2, 0) is 6.16 Å². The number of rotatable bonds is 2. The molecule has 0 saturated heterocycles. The van der Waals surface area contributed by atoms with Gasteiger partial charge in [-0.3, -0.25) is 0 Å². The zero-order valence-corrected chi connectivity index (χ0v) is 9.57. The fourth-order valence-electron chi connectivity index (χ4n) is 1.13. The highest BCUT2D eigenvalue weighted by molar-refractivity contribution is 7.72. The molecule has 0 nitrogen and oxygen atoms in total. The summed E-state index contributed by atoms with van der Waals surface area (Å²) in [5, 5.41) is 0. The Labute approximate surface area is 87.1 Å². The van der Waals surface area contributed by atoms with Gasteiger partial charge in [0.1, 0.15) is 0 Å². The maximum absolute atomic E-state index is 2.38. The Balaban J connectivity index is -0.0000000807. The zero-order chi connectivity index (χ0) is 8.32. The highest BCUT2D eigenvalue weighted by atomic mass is 31.2. The van der Waals surface area contributed by atoms with Crippen LogP contribution in [0, 0.1) is 0 Å². The molecule has 1 aromatic rings. The molecule has 0 aliphatic rings. The van der Waals surface area contributed by atoms with E-state index in [1.165, 1.54) is 11.7 Å². The van der Waals surface area contributed by atoms with Crippen molar-refractivity contribution in [3.8, 4) is 0 Å². The molecule has 0 bridgehead atoms. The third-order valence-electron chi connectivity index (χ3n) is 1.50. The average molecular weight is 226 g/mol. The second-order valence-electron chi connectivity index (χ2n) is 3.93. The first kappa shape index (κ1) is 19.1. The number of hydrogen-bond acceptors (Lipinski definition) is 0. The van der Waals surface area contributed by atoms with Gasteiger partial charge in [0.2, 0.25) is 0 Å². The lowest BCUT2D eigenvalue weighted by Gasteiger charge is -2.10. The monoisotopic (exact) mass is 226 g/mol. The maximum atomic E-state index is 2.38. The Morgan fingerprint density at radius 1 is 0.929 bits per heavy atom. The Bertz CT molecular complexity index is 227. The van der Waals surface area contributed by atoms with Crippen molar-refractivity contribution < 1.29 is 17.0 Å². The summed E-state index contributed by atoms with van der Waals surface area (Å²) in [6.07, 6.45) is 1.27. The SMILES string of the molecule is C[P+](C)(C)Cc1ccccc1.[F-].[F-].[F-].[H+].[H+]. The number of hydrogen-bond donors (Lipinski definition) is 0. The van der Waals surface area contributed by atoms with Crippen LogP contribution >= 0.6 is 7.26 Å². The normalized spacial score (nSPS) is 9.07. The van der Waals surface area contributed by atoms with Crippen LogP contribution < -0.4 is 14.1 Å². The highest BCUT2D eigenvalue weighted by Crippen LogP contribution is 2.49. The molecule has 0 unspecified atom stereocenters. The van der Waals surface area contributed by atoms with Crippen LogP contribution in [0.3, 0.4) is 0 Å². The van der Waals surface area contributed by atoms with Crippen molar-refractivity contribution in [1.29, 1.82) is 0 Å². The molecule has 0 saturated carbocycles. The summed E-state index contributed by atoms with van der Waals surface area (Å²) in [4.78, 5) is 0. The number of halogens is 3. The van der Waals surface area contributed by atoms with Crippen LogP contribution in [0.25, 0.3) is 0 Å². The van der Waals surface area contributed by atoms with Crippen molar-refractivity contribution in [1.82, 2.24) is 0 Å². The van der Waals surface area contributed by atoms with E-state index in [2.05, 4.69) is 50.3 Å². The van der Waals surface area contributed by atoms with Crippen molar-refractivity contribution in [3.63, 3.8) is 0 Å². The smallest absolute Gasteiger partial charge is 1.00 e. The van der Waals surface area contributed by atoms with Crippen molar-refractivity contribution >= 4 is 7.26 Å². The van der Waals surface area contributed by atoms with Gasteiger partial charge in [-0.2, -0.15) is 0 Å². The van der Waals surface area contributed by atoms with Gasteiger partial charge in [0.15, 0.2) is 0 Å². The molecule has 0 aliphatic carbocycles. The standard InChI is InChI=1S/C10H16P.3FH/c1-11(2,3)9-10-7-5-4-6-8-10;;;/h4-8H,9H2,1-3H3;3*1H/q+1;;;/p-1. The van der Waals surface area contributed by atoms with Gasteiger partial charge in [-0.25, -0.2) is 0 Å². The maximum Gasteiger partial charge on any atom is 1.00 e. The molecular formula is C10H18F3P. The van der Waals surface area contributed by atoms with Crippen molar-refractivity contribution in [3.05, 3.63) is 35.9 Å². The Hall–Kier alpha value is -0.560. The van der Waals surface area contributed by atoms with Gasteiger partial charge < -0.3 is 14.1 Å². The van der Waals surface area contributed by atoms with Gasteiger partial charge in [0.25, 0.3) is 0 Å². The second-order valence-corrected chi connectivity index (χ2v) is 8.83. The van der Waals surface area contributed by atoms with Crippen molar-refractivity contribution in [2.75, 3.05) is 20.0 Å². The van der Waals surface area contributed by atoms with Crippen LogP contribution in [0.2, 0.25) is 0 Å². The molecule has 1 aromatic carbocycles. The number of benzene rings is 1. The van der Waals surface area contributed by atoms with E-state index in [-0.39, 0.29) is 17.0 Å². The fourth-order valence-corrected chi connectivity index (χ4v) is 2.44. The predicted molar refractivity (Wildman–Crippen MR) is 57.1 cm³/mol. The first-order valence-electron chi connectivity index (χ1n) is 3.92. The molecule has 0 aliphatic heterocycles. The van der Waals surface area contributed by atoms with E-state index in [1.54, 1.807) is 0 Å². The van der Waals surface area contributed by atoms with E-state index in [9.17, 15) is 0 Å². The molecule has 0 spiro atoms. The largest absolute Gasteiger partial charge is 1.00 e.